The van der Waals surface area contributed by atoms with Crippen molar-refractivity contribution in [2.45, 2.75) is 37.4 Å². The highest BCUT2D eigenvalue weighted by atomic mass is 32.2. The molecule has 1 aliphatic rings. The van der Waals surface area contributed by atoms with Crippen molar-refractivity contribution in [3.05, 3.63) is 68.3 Å². The Bertz CT molecular complexity index is 1350. The lowest BCUT2D eigenvalue weighted by Gasteiger charge is -2.35. The van der Waals surface area contributed by atoms with Gasteiger partial charge in [-0.15, -0.1) is 22.7 Å². The predicted molar refractivity (Wildman–Crippen MR) is 131 cm³/mol. The fourth-order valence-electron chi connectivity index (χ4n) is 4.50. The van der Waals surface area contributed by atoms with E-state index in [1.165, 1.54) is 19.6 Å². The molecule has 4 heterocycles. The van der Waals surface area contributed by atoms with Gasteiger partial charge in [-0.2, -0.15) is 0 Å². The van der Waals surface area contributed by atoms with Crippen LogP contribution >= 0.6 is 22.7 Å². The first-order chi connectivity index (χ1) is 15.4. The highest BCUT2D eigenvalue weighted by Crippen LogP contribution is 2.40. The van der Waals surface area contributed by atoms with Gasteiger partial charge in [0.2, 0.25) is 10.0 Å². The molecular weight excluding hydrogens is 460 g/mol. The molecule has 6 nitrogen and oxygen atoms in total. The van der Waals surface area contributed by atoms with Crippen LogP contribution in [0.1, 0.15) is 34.1 Å². The number of thiophene rings is 2. The molecule has 0 aliphatic carbocycles. The van der Waals surface area contributed by atoms with Gasteiger partial charge < -0.3 is 4.57 Å². The molecule has 0 spiro atoms. The number of nitrogens with zero attached hydrogens (tertiary/aromatic N) is 4. The molecule has 4 aromatic rings. The molecule has 5 rings (SSSR count). The standard InChI is InChI=1S/C23H26N4O2S3/c1-4-27-19-8-7-16(32(28,29)25(2)3)14-18(19)24-22(27)15-26-11-9-20-17(10-13-31-20)23(26)21-6-5-12-30-21/h5-8,10,12-14,23H,4,9,11,15H2,1-3H3/t23-/m0/s1. The smallest absolute Gasteiger partial charge is 0.242 e. The zero-order valence-corrected chi connectivity index (χ0v) is 20.8. The topological polar surface area (TPSA) is 58.4 Å². The van der Waals surface area contributed by atoms with E-state index in [-0.39, 0.29) is 10.9 Å². The lowest BCUT2D eigenvalue weighted by molar-refractivity contribution is 0.201. The van der Waals surface area contributed by atoms with Gasteiger partial charge in [0.1, 0.15) is 5.82 Å². The summed E-state index contributed by atoms with van der Waals surface area (Å²) in [6.07, 6.45) is 1.05. The number of sulfonamides is 1. The Balaban J connectivity index is 1.55. The minimum Gasteiger partial charge on any atom is -0.327 e. The molecule has 0 radical (unpaired) electrons. The molecule has 32 heavy (non-hydrogen) atoms. The summed E-state index contributed by atoms with van der Waals surface area (Å²) in [5.74, 6) is 0.974. The lowest BCUT2D eigenvalue weighted by atomic mass is 9.98. The molecule has 1 aromatic carbocycles. The SMILES string of the molecule is CCn1c(CN2CCc3sccc3[C@H]2c2cccs2)nc2cc(S(=O)(=O)N(C)C)ccc21. The van der Waals surface area contributed by atoms with Gasteiger partial charge in [0.05, 0.1) is 28.5 Å². The van der Waals surface area contributed by atoms with E-state index in [0.717, 1.165) is 42.9 Å². The summed E-state index contributed by atoms with van der Waals surface area (Å²) >= 11 is 3.65. The van der Waals surface area contributed by atoms with Crippen LogP contribution in [0.25, 0.3) is 11.0 Å². The fraction of sp³-hybridized carbons (Fsp3) is 0.348. The third-order valence-corrected chi connectivity index (χ3v) is 9.85. The highest BCUT2D eigenvalue weighted by molar-refractivity contribution is 7.89. The number of aryl methyl sites for hydroxylation is 1. The van der Waals surface area contributed by atoms with Gasteiger partial charge in [-0.25, -0.2) is 17.7 Å². The van der Waals surface area contributed by atoms with Gasteiger partial charge in [-0.1, -0.05) is 6.07 Å². The first-order valence-electron chi connectivity index (χ1n) is 10.7. The van der Waals surface area contributed by atoms with Crippen LogP contribution in [0.15, 0.2) is 52.1 Å². The van der Waals surface area contributed by atoms with Crippen molar-refractivity contribution in [2.24, 2.45) is 0 Å². The van der Waals surface area contributed by atoms with Crippen LogP contribution in [0.3, 0.4) is 0 Å². The number of benzene rings is 1. The second-order valence-corrected chi connectivity index (χ2v) is 12.3. The molecule has 0 saturated heterocycles. The lowest BCUT2D eigenvalue weighted by Crippen LogP contribution is -2.35. The fourth-order valence-corrected chi connectivity index (χ4v) is 7.21. The number of fused-ring (bicyclic) bond motifs is 2. The number of aromatic nitrogens is 2. The number of hydrogen-bond acceptors (Lipinski definition) is 6. The molecule has 0 bridgehead atoms. The zero-order valence-electron chi connectivity index (χ0n) is 18.4. The van der Waals surface area contributed by atoms with Crippen molar-refractivity contribution in [3.8, 4) is 0 Å². The summed E-state index contributed by atoms with van der Waals surface area (Å²) in [5.41, 5.74) is 3.11. The summed E-state index contributed by atoms with van der Waals surface area (Å²) in [6, 6.07) is 12.1. The third kappa shape index (κ3) is 3.62. The van der Waals surface area contributed by atoms with E-state index in [1.54, 1.807) is 37.6 Å². The van der Waals surface area contributed by atoms with Crippen LogP contribution in [0, 0.1) is 0 Å². The van der Waals surface area contributed by atoms with Gasteiger partial charge in [0, 0.05) is 36.9 Å². The predicted octanol–water partition coefficient (Wildman–Crippen LogP) is 4.58. The molecule has 1 atom stereocenters. The second kappa shape index (κ2) is 8.39. The molecular formula is C23H26N4O2S3. The van der Waals surface area contributed by atoms with Crippen LogP contribution in [0.5, 0.6) is 0 Å². The van der Waals surface area contributed by atoms with E-state index in [9.17, 15) is 8.42 Å². The van der Waals surface area contributed by atoms with Crippen LogP contribution in [0.2, 0.25) is 0 Å². The van der Waals surface area contributed by atoms with Crippen LogP contribution < -0.4 is 0 Å². The summed E-state index contributed by atoms with van der Waals surface area (Å²) < 4.78 is 28.7. The third-order valence-electron chi connectivity index (χ3n) is 6.12. The van der Waals surface area contributed by atoms with E-state index >= 15 is 0 Å². The molecule has 0 unspecified atom stereocenters. The average Bonchev–Trinajstić information content (AvgIpc) is 3.52. The quantitative estimate of drug-likeness (QED) is 0.400. The zero-order chi connectivity index (χ0) is 22.5. The van der Waals surface area contributed by atoms with Crippen LogP contribution in [-0.4, -0.2) is 47.8 Å². The van der Waals surface area contributed by atoms with Crippen molar-refractivity contribution in [1.82, 2.24) is 18.8 Å². The normalized spacial score (nSPS) is 17.3. The van der Waals surface area contributed by atoms with Gasteiger partial charge in [-0.3, -0.25) is 4.90 Å². The van der Waals surface area contributed by atoms with Crippen molar-refractivity contribution >= 4 is 43.7 Å². The molecule has 9 heteroatoms. The Labute approximate surface area is 196 Å². The van der Waals surface area contributed by atoms with Gasteiger partial charge >= 0.3 is 0 Å². The summed E-state index contributed by atoms with van der Waals surface area (Å²) in [5, 5.41) is 4.34. The van der Waals surface area contributed by atoms with Crippen molar-refractivity contribution < 1.29 is 8.42 Å². The van der Waals surface area contributed by atoms with Crippen LogP contribution in [-0.2, 0) is 29.5 Å². The van der Waals surface area contributed by atoms with Crippen molar-refractivity contribution in [3.63, 3.8) is 0 Å². The Morgan fingerprint density at radius 2 is 2.00 bits per heavy atom. The monoisotopic (exact) mass is 486 g/mol. The van der Waals surface area contributed by atoms with Crippen molar-refractivity contribution in [2.75, 3.05) is 20.6 Å². The molecule has 168 valence electrons. The van der Waals surface area contributed by atoms with Gasteiger partial charge in [-0.05, 0) is 60.0 Å². The highest BCUT2D eigenvalue weighted by Gasteiger charge is 2.31. The van der Waals surface area contributed by atoms with Gasteiger partial charge in [0.15, 0.2) is 0 Å². The Hall–Kier alpha value is -2.04. The number of rotatable bonds is 6. The van der Waals surface area contributed by atoms with E-state index in [0.29, 0.717) is 0 Å². The van der Waals surface area contributed by atoms with E-state index in [1.807, 2.05) is 17.4 Å². The summed E-state index contributed by atoms with van der Waals surface area (Å²) in [6.45, 7) is 4.59. The minimum absolute atomic E-state index is 0.236. The van der Waals surface area contributed by atoms with E-state index < -0.39 is 10.0 Å². The van der Waals surface area contributed by atoms with Crippen molar-refractivity contribution in [1.29, 1.82) is 0 Å². The molecule has 0 N–H and O–H groups in total. The first kappa shape index (κ1) is 21.8. The Morgan fingerprint density at radius 1 is 1.16 bits per heavy atom. The maximum absolute atomic E-state index is 12.6. The Morgan fingerprint density at radius 3 is 2.72 bits per heavy atom. The summed E-state index contributed by atoms with van der Waals surface area (Å²) in [7, 11) is -0.393. The largest absolute Gasteiger partial charge is 0.327 e. The maximum Gasteiger partial charge on any atom is 0.242 e. The van der Waals surface area contributed by atoms with Gasteiger partial charge in [0.25, 0.3) is 0 Å². The Kier molecular flexibility index (Phi) is 5.71. The molecule has 3 aromatic heterocycles. The number of imidazole rings is 1. The first-order valence-corrected chi connectivity index (χ1v) is 13.9. The molecule has 1 aliphatic heterocycles. The number of hydrogen-bond donors (Lipinski definition) is 0. The van der Waals surface area contributed by atoms with E-state index in [2.05, 4.69) is 45.3 Å². The minimum atomic E-state index is -3.50. The maximum atomic E-state index is 12.6. The second-order valence-electron chi connectivity index (χ2n) is 8.15. The summed E-state index contributed by atoms with van der Waals surface area (Å²) in [4.78, 5) is 10.5. The van der Waals surface area contributed by atoms with E-state index in [4.69, 9.17) is 4.98 Å². The molecule has 0 amide bonds. The molecule has 0 saturated carbocycles. The van der Waals surface area contributed by atoms with Crippen LogP contribution in [0.4, 0.5) is 0 Å². The molecule has 0 fully saturated rings. The average molecular weight is 487 g/mol.